The molecule has 3 nitrogen and oxygen atoms in total. The number of benzene rings is 1. The van der Waals surface area contributed by atoms with Crippen molar-refractivity contribution in [3.05, 3.63) is 28.8 Å². The molecular formula is C13H15ClN2OS. The van der Waals surface area contributed by atoms with Crippen molar-refractivity contribution in [2.75, 3.05) is 18.0 Å². The van der Waals surface area contributed by atoms with Crippen LogP contribution in [0.4, 0.5) is 5.69 Å². The molecule has 0 aliphatic carbocycles. The largest absolute Gasteiger partial charge is 0.348 e. The average molecular weight is 283 g/mol. The minimum atomic E-state index is 0.0510. The van der Waals surface area contributed by atoms with E-state index >= 15 is 0 Å². The first-order chi connectivity index (χ1) is 8.54. The van der Waals surface area contributed by atoms with Crippen LogP contribution < -0.4 is 4.90 Å². The fourth-order valence-electron chi connectivity index (χ4n) is 2.09. The van der Waals surface area contributed by atoms with Gasteiger partial charge < -0.3 is 4.90 Å². The Bertz CT molecular complexity index is 504. The topological polar surface area (TPSA) is 23.6 Å². The van der Waals surface area contributed by atoms with Crippen molar-refractivity contribution in [3.63, 3.8) is 0 Å². The highest BCUT2D eigenvalue weighted by Crippen LogP contribution is 2.27. The summed E-state index contributed by atoms with van der Waals surface area (Å²) in [4.78, 5) is 15.7. The summed E-state index contributed by atoms with van der Waals surface area (Å²) in [5.41, 5.74) is 1.78. The van der Waals surface area contributed by atoms with Gasteiger partial charge in [-0.05, 0) is 49.8 Å². The number of nitrogens with zero attached hydrogens (tertiary/aromatic N) is 2. The molecule has 1 amide bonds. The third-order valence-corrected chi connectivity index (χ3v) is 3.76. The number of aryl methyl sites for hydroxylation is 1. The monoisotopic (exact) mass is 282 g/mol. The lowest BCUT2D eigenvalue weighted by Gasteiger charge is -2.37. The minimum absolute atomic E-state index is 0.0510. The molecule has 1 aliphatic heterocycles. The summed E-state index contributed by atoms with van der Waals surface area (Å²) in [5, 5.41) is 1.25. The zero-order valence-corrected chi connectivity index (χ0v) is 12.0. The van der Waals surface area contributed by atoms with Crippen molar-refractivity contribution in [3.8, 4) is 0 Å². The number of carbonyl (C=O) groups excluding carboxylic acids is 1. The summed E-state index contributed by atoms with van der Waals surface area (Å²) in [6.07, 6.45) is 0.496. The van der Waals surface area contributed by atoms with E-state index in [0.29, 0.717) is 23.1 Å². The molecule has 2 rings (SSSR count). The van der Waals surface area contributed by atoms with Gasteiger partial charge in [-0.2, -0.15) is 0 Å². The van der Waals surface area contributed by atoms with Crippen molar-refractivity contribution < 1.29 is 4.79 Å². The van der Waals surface area contributed by atoms with Crippen LogP contribution in [0.1, 0.15) is 18.9 Å². The van der Waals surface area contributed by atoms with Gasteiger partial charge in [-0.15, -0.1) is 0 Å². The van der Waals surface area contributed by atoms with Crippen LogP contribution in [0.2, 0.25) is 5.02 Å². The molecule has 0 saturated carbocycles. The molecule has 1 aromatic rings. The Balaban J connectivity index is 2.40. The maximum Gasteiger partial charge on any atom is 0.235 e. The summed E-state index contributed by atoms with van der Waals surface area (Å²) in [7, 11) is 0. The SMILES string of the molecule is CCN1CCC(=O)N(c2ccc(Cl)cc2C)C1=S. The van der Waals surface area contributed by atoms with E-state index in [-0.39, 0.29) is 5.91 Å². The van der Waals surface area contributed by atoms with Crippen LogP contribution in [-0.4, -0.2) is 29.0 Å². The van der Waals surface area contributed by atoms with Gasteiger partial charge in [0.2, 0.25) is 5.91 Å². The second kappa shape index (κ2) is 5.24. The van der Waals surface area contributed by atoms with E-state index in [4.69, 9.17) is 23.8 Å². The molecule has 0 atom stereocenters. The van der Waals surface area contributed by atoms with E-state index in [9.17, 15) is 4.79 Å². The standard InChI is InChI=1S/C13H15ClN2OS/c1-3-15-7-6-12(17)16(13(15)18)11-5-4-10(14)8-9(11)2/h4-5,8H,3,6-7H2,1-2H3. The molecule has 0 spiro atoms. The van der Waals surface area contributed by atoms with Gasteiger partial charge in [-0.1, -0.05) is 11.6 Å². The second-order valence-corrected chi connectivity index (χ2v) is 5.07. The van der Waals surface area contributed by atoms with Crippen LogP contribution in [0.15, 0.2) is 18.2 Å². The number of anilines is 1. The molecule has 1 aliphatic rings. The molecule has 1 aromatic carbocycles. The number of thiocarbonyl (C=S) groups is 1. The van der Waals surface area contributed by atoms with Crippen molar-refractivity contribution in [2.24, 2.45) is 0 Å². The highest BCUT2D eigenvalue weighted by molar-refractivity contribution is 7.80. The molecule has 1 saturated heterocycles. The van der Waals surface area contributed by atoms with Crippen LogP contribution in [0, 0.1) is 6.92 Å². The van der Waals surface area contributed by atoms with E-state index in [2.05, 4.69) is 0 Å². The van der Waals surface area contributed by atoms with E-state index in [0.717, 1.165) is 17.8 Å². The predicted octanol–water partition coefficient (Wildman–Crippen LogP) is 2.99. The van der Waals surface area contributed by atoms with Crippen molar-refractivity contribution in [1.29, 1.82) is 0 Å². The Labute approximate surface area is 117 Å². The van der Waals surface area contributed by atoms with Gasteiger partial charge in [0.15, 0.2) is 5.11 Å². The van der Waals surface area contributed by atoms with Crippen molar-refractivity contribution >= 4 is 40.5 Å². The lowest BCUT2D eigenvalue weighted by molar-refractivity contribution is -0.118. The first kappa shape index (κ1) is 13.3. The van der Waals surface area contributed by atoms with Crippen LogP contribution in [0.25, 0.3) is 0 Å². The molecule has 0 N–H and O–H groups in total. The third kappa shape index (κ3) is 2.35. The number of amides is 1. The van der Waals surface area contributed by atoms with Gasteiger partial charge in [0.25, 0.3) is 0 Å². The maximum atomic E-state index is 12.1. The Morgan fingerprint density at radius 2 is 2.17 bits per heavy atom. The van der Waals surface area contributed by atoms with Crippen LogP contribution in [0.3, 0.4) is 0 Å². The van der Waals surface area contributed by atoms with Gasteiger partial charge in [-0.25, -0.2) is 0 Å². The molecule has 0 aromatic heterocycles. The zero-order valence-electron chi connectivity index (χ0n) is 10.4. The number of hydrogen-bond donors (Lipinski definition) is 0. The summed E-state index contributed by atoms with van der Waals surface area (Å²) < 4.78 is 0. The van der Waals surface area contributed by atoms with E-state index in [1.807, 2.05) is 30.9 Å². The average Bonchev–Trinajstić information content (AvgIpc) is 2.32. The number of carbonyl (C=O) groups is 1. The highest BCUT2D eigenvalue weighted by atomic mass is 35.5. The minimum Gasteiger partial charge on any atom is -0.348 e. The van der Waals surface area contributed by atoms with Crippen molar-refractivity contribution in [2.45, 2.75) is 20.3 Å². The molecule has 0 radical (unpaired) electrons. The third-order valence-electron chi connectivity index (χ3n) is 3.09. The fourth-order valence-corrected chi connectivity index (χ4v) is 2.73. The molecule has 18 heavy (non-hydrogen) atoms. The van der Waals surface area contributed by atoms with E-state index in [1.165, 1.54) is 0 Å². The quantitative estimate of drug-likeness (QED) is 0.779. The lowest BCUT2D eigenvalue weighted by atomic mass is 10.1. The number of hydrogen-bond acceptors (Lipinski definition) is 2. The van der Waals surface area contributed by atoms with E-state index < -0.39 is 0 Å². The fraction of sp³-hybridized carbons (Fsp3) is 0.385. The summed E-state index contributed by atoms with van der Waals surface area (Å²) in [6, 6.07) is 5.48. The normalized spacial score (nSPS) is 16.4. The summed E-state index contributed by atoms with van der Waals surface area (Å²) >= 11 is 11.3. The molecule has 1 fully saturated rings. The Kier molecular flexibility index (Phi) is 3.88. The predicted molar refractivity (Wildman–Crippen MR) is 78.1 cm³/mol. The second-order valence-electron chi connectivity index (χ2n) is 4.27. The molecule has 1 heterocycles. The summed E-state index contributed by atoms with van der Waals surface area (Å²) in [6.45, 7) is 5.49. The van der Waals surface area contributed by atoms with Crippen molar-refractivity contribution in [1.82, 2.24) is 4.90 Å². The van der Waals surface area contributed by atoms with Crippen LogP contribution in [-0.2, 0) is 4.79 Å². The Morgan fingerprint density at radius 3 is 2.78 bits per heavy atom. The maximum absolute atomic E-state index is 12.1. The van der Waals surface area contributed by atoms with E-state index in [1.54, 1.807) is 11.0 Å². The lowest BCUT2D eigenvalue weighted by Crippen LogP contribution is -2.52. The number of halogens is 1. The first-order valence-corrected chi connectivity index (χ1v) is 6.71. The van der Waals surface area contributed by atoms with Crippen LogP contribution in [0.5, 0.6) is 0 Å². The van der Waals surface area contributed by atoms with Crippen LogP contribution >= 0.6 is 23.8 Å². The number of rotatable bonds is 2. The molecule has 96 valence electrons. The molecule has 0 unspecified atom stereocenters. The molecular weight excluding hydrogens is 268 g/mol. The van der Waals surface area contributed by atoms with Gasteiger partial charge in [0.1, 0.15) is 0 Å². The molecule has 5 heteroatoms. The highest BCUT2D eigenvalue weighted by Gasteiger charge is 2.29. The summed E-state index contributed by atoms with van der Waals surface area (Å²) in [5.74, 6) is 0.0510. The zero-order chi connectivity index (χ0) is 13.3. The van der Waals surface area contributed by atoms with Gasteiger partial charge >= 0.3 is 0 Å². The Morgan fingerprint density at radius 1 is 1.44 bits per heavy atom. The first-order valence-electron chi connectivity index (χ1n) is 5.92. The van der Waals surface area contributed by atoms with Gasteiger partial charge in [-0.3, -0.25) is 9.69 Å². The Hall–Kier alpha value is -1.13. The smallest absolute Gasteiger partial charge is 0.235 e. The molecule has 0 bridgehead atoms. The van der Waals surface area contributed by atoms with Gasteiger partial charge in [0.05, 0.1) is 5.69 Å². The van der Waals surface area contributed by atoms with Gasteiger partial charge in [0, 0.05) is 24.5 Å².